The zero-order chi connectivity index (χ0) is 16.9. The Balaban J connectivity index is 1.75. The second kappa shape index (κ2) is 7.78. The minimum absolute atomic E-state index is 0.442. The largest absolute Gasteiger partial charge is 0.366 e. The number of nitrogens with zero attached hydrogens (tertiary/aromatic N) is 2. The maximum Gasteiger partial charge on any atom is 0.133 e. The predicted molar refractivity (Wildman–Crippen MR) is 101 cm³/mol. The number of allylic oxidation sites excluding steroid dienone is 4. The van der Waals surface area contributed by atoms with Crippen LogP contribution in [0.3, 0.4) is 0 Å². The Kier molecular flexibility index (Phi) is 5.49. The van der Waals surface area contributed by atoms with Crippen LogP contribution in [0, 0.1) is 5.92 Å². The minimum Gasteiger partial charge on any atom is -0.366 e. The molecule has 0 saturated carbocycles. The van der Waals surface area contributed by atoms with Gasteiger partial charge in [0, 0.05) is 17.3 Å². The van der Waals surface area contributed by atoms with Crippen molar-refractivity contribution in [3.8, 4) is 0 Å². The summed E-state index contributed by atoms with van der Waals surface area (Å²) in [5.74, 6) is 1.59. The van der Waals surface area contributed by atoms with Gasteiger partial charge in [0.2, 0.25) is 0 Å². The monoisotopic (exact) mass is 323 g/mol. The van der Waals surface area contributed by atoms with Crippen LogP contribution in [0.25, 0.3) is 0 Å². The van der Waals surface area contributed by atoms with Gasteiger partial charge in [-0.05, 0) is 42.7 Å². The molecule has 0 fully saturated rings. The van der Waals surface area contributed by atoms with Crippen LogP contribution in [0.4, 0.5) is 5.82 Å². The van der Waals surface area contributed by atoms with Gasteiger partial charge in [0.1, 0.15) is 12.1 Å². The second-order valence-electron chi connectivity index (χ2n) is 7.02. The van der Waals surface area contributed by atoms with Gasteiger partial charge in [0.25, 0.3) is 0 Å². The third-order valence-corrected chi connectivity index (χ3v) is 4.91. The molecular formula is C21H29N3. The molecule has 1 aromatic heterocycles. The molecule has 1 heterocycles. The van der Waals surface area contributed by atoms with Crippen molar-refractivity contribution >= 4 is 5.82 Å². The first-order valence-corrected chi connectivity index (χ1v) is 9.39. The summed E-state index contributed by atoms with van der Waals surface area (Å²) in [7, 11) is 0. The molecule has 3 rings (SSSR count). The number of aryl methyl sites for hydroxylation is 1. The number of anilines is 1. The lowest BCUT2D eigenvalue weighted by Crippen LogP contribution is -2.19. The highest BCUT2D eigenvalue weighted by Gasteiger charge is 2.24. The molecule has 0 spiro atoms. The SMILES string of the molecule is CCCc1ncnc(NC2CC3=C(C=CC(C)C=C3)C2)c1CCC. The van der Waals surface area contributed by atoms with Crippen LogP contribution in [-0.4, -0.2) is 16.0 Å². The van der Waals surface area contributed by atoms with E-state index >= 15 is 0 Å². The van der Waals surface area contributed by atoms with Crippen molar-refractivity contribution in [2.45, 2.75) is 65.3 Å². The van der Waals surface area contributed by atoms with E-state index in [-0.39, 0.29) is 0 Å². The van der Waals surface area contributed by atoms with E-state index in [1.807, 2.05) is 0 Å². The predicted octanol–water partition coefficient (Wildman–Crippen LogP) is 5.01. The molecule has 2 aliphatic rings. The van der Waals surface area contributed by atoms with Crippen molar-refractivity contribution in [1.82, 2.24) is 9.97 Å². The Hall–Kier alpha value is -1.90. The van der Waals surface area contributed by atoms with E-state index in [9.17, 15) is 0 Å². The quantitative estimate of drug-likeness (QED) is 0.799. The van der Waals surface area contributed by atoms with Crippen LogP contribution in [0.15, 0.2) is 41.8 Å². The summed E-state index contributed by atoms with van der Waals surface area (Å²) in [4.78, 5) is 9.11. The van der Waals surface area contributed by atoms with E-state index in [4.69, 9.17) is 0 Å². The third kappa shape index (κ3) is 3.77. The van der Waals surface area contributed by atoms with E-state index in [0.29, 0.717) is 12.0 Å². The first kappa shape index (κ1) is 16.9. The fourth-order valence-electron chi connectivity index (χ4n) is 3.65. The summed E-state index contributed by atoms with van der Waals surface area (Å²) < 4.78 is 0. The maximum atomic E-state index is 4.57. The van der Waals surface area contributed by atoms with Crippen LogP contribution < -0.4 is 5.32 Å². The summed E-state index contributed by atoms with van der Waals surface area (Å²) >= 11 is 0. The highest BCUT2D eigenvalue weighted by atomic mass is 15.0. The Labute approximate surface area is 146 Å². The van der Waals surface area contributed by atoms with Crippen LogP contribution in [0.5, 0.6) is 0 Å². The highest BCUT2D eigenvalue weighted by molar-refractivity contribution is 5.50. The van der Waals surface area contributed by atoms with E-state index in [1.54, 1.807) is 6.33 Å². The molecule has 1 N–H and O–H groups in total. The van der Waals surface area contributed by atoms with E-state index in [0.717, 1.165) is 44.3 Å². The summed E-state index contributed by atoms with van der Waals surface area (Å²) in [5.41, 5.74) is 5.50. The smallest absolute Gasteiger partial charge is 0.133 e. The molecule has 0 radical (unpaired) electrons. The summed E-state index contributed by atoms with van der Waals surface area (Å²) in [5, 5.41) is 3.72. The van der Waals surface area contributed by atoms with Gasteiger partial charge in [-0.2, -0.15) is 0 Å². The van der Waals surface area contributed by atoms with Crippen molar-refractivity contribution in [2.24, 2.45) is 5.92 Å². The fraction of sp³-hybridized carbons (Fsp3) is 0.524. The molecule has 0 aromatic carbocycles. The number of aromatic nitrogens is 2. The van der Waals surface area contributed by atoms with Gasteiger partial charge in [0.15, 0.2) is 0 Å². The van der Waals surface area contributed by atoms with Gasteiger partial charge in [0.05, 0.1) is 0 Å². The number of nitrogens with one attached hydrogen (secondary N) is 1. The Morgan fingerprint density at radius 2 is 1.67 bits per heavy atom. The molecule has 0 saturated heterocycles. The molecule has 24 heavy (non-hydrogen) atoms. The van der Waals surface area contributed by atoms with Crippen molar-refractivity contribution in [1.29, 1.82) is 0 Å². The average molecular weight is 323 g/mol. The van der Waals surface area contributed by atoms with Gasteiger partial charge in [-0.15, -0.1) is 0 Å². The average Bonchev–Trinajstić information content (AvgIpc) is 2.87. The third-order valence-electron chi connectivity index (χ3n) is 4.91. The van der Waals surface area contributed by atoms with E-state index in [2.05, 4.69) is 60.4 Å². The Morgan fingerprint density at radius 3 is 2.29 bits per heavy atom. The molecule has 0 amide bonds. The van der Waals surface area contributed by atoms with Gasteiger partial charge < -0.3 is 5.32 Å². The molecule has 0 aliphatic heterocycles. The standard InChI is InChI=1S/C21H29N3/c1-4-6-19-20(7-5-2)22-14-23-21(19)24-18-12-16-10-8-15(3)9-11-17(16)13-18/h8-11,14-15,18H,4-7,12-13H2,1-3H3,(H,22,23,24). The molecule has 0 atom stereocenters. The first-order valence-electron chi connectivity index (χ1n) is 9.39. The lowest BCUT2D eigenvalue weighted by atomic mass is 10.0. The van der Waals surface area contributed by atoms with Gasteiger partial charge in [-0.1, -0.05) is 57.9 Å². The minimum atomic E-state index is 0.442. The Bertz CT molecular complexity index is 644. The normalized spacial score (nSPS) is 18.1. The number of rotatable bonds is 6. The molecule has 3 nitrogen and oxygen atoms in total. The molecule has 128 valence electrons. The molecule has 0 bridgehead atoms. The first-order chi connectivity index (χ1) is 11.7. The topological polar surface area (TPSA) is 37.8 Å². The molecule has 2 aliphatic carbocycles. The van der Waals surface area contributed by atoms with Crippen LogP contribution >= 0.6 is 0 Å². The molecule has 0 unspecified atom stereocenters. The van der Waals surface area contributed by atoms with Crippen molar-refractivity contribution in [3.63, 3.8) is 0 Å². The molecular weight excluding hydrogens is 294 g/mol. The highest BCUT2D eigenvalue weighted by Crippen LogP contribution is 2.33. The number of hydrogen-bond acceptors (Lipinski definition) is 3. The molecule has 1 aromatic rings. The van der Waals surface area contributed by atoms with Gasteiger partial charge in [-0.3, -0.25) is 0 Å². The maximum absolute atomic E-state index is 4.57. The fourth-order valence-corrected chi connectivity index (χ4v) is 3.65. The van der Waals surface area contributed by atoms with Crippen LogP contribution in [-0.2, 0) is 12.8 Å². The summed E-state index contributed by atoms with van der Waals surface area (Å²) in [6.45, 7) is 6.67. The van der Waals surface area contributed by atoms with Crippen LogP contribution in [0.1, 0.15) is 57.7 Å². The van der Waals surface area contributed by atoms with Crippen LogP contribution in [0.2, 0.25) is 0 Å². The van der Waals surface area contributed by atoms with E-state index < -0.39 is 0 Å². The van der Waals surface area contributed by atoms with E-state index in [1.165, 1.54) is 22.4 Å². The van der Waals surface area contributed by atoms with Gasteiger partial charge >= 0.3 is 0 Å². The zero-order valence-corrected chi connectivity index (χ0v) is 15.2. The van der Waals surface area contributed by atoms with Crippen molar-refractivity contribution < 1.29 is 0 Å². The van der Waals surface area contributed by atoms with Crippen molar-refractivity contribution in [2.75, 3.05) is 5.32 Å². The van der Waals surface area contributed by atoms with Gasteiger partial charge in [-0.25, -0.2) is 9.97 Å². The molecule has 3 heteroatoms. The number of hydrogen-bond donors (Lipinski definition) is 1. The Morgan fingerprint density at radius 1 is 1.00 bits per heavy atom. The lowest BCUT2D eigenvalue weighted by molar-refractivity contribution is 0.749. The van der Waals surface area contributed by atoms with Crippen molar-refractivity contribution in [3.05, 3.63) is 53.0 Å². The summed E-state index contributed by atoms with van der Waals surface area (Å²) in [6.07, 6.45) is 17.5. The summed E-state index contributed by atoms with van der Waals surface area (Å²) in [6, 6.07) is 0.442. The second-order valence-corrected chi connectivity index (χ2v) is 7.02. The zero-order valence-electron chi connectivity index (χ0n) is 15.2. The lowest BCUT2D eigenvalue weighted by Gasteiger charge is -2.18.